The number of carbonyl (C=O) groups excluding carboxylic acids is 2. The fourth-order valence-corrected chi connectivity index (χ4v) is 3.67. The van der Waals surface area contributed by atoms with Crippen molar-refractivity contribution in [3.63, 3.8) is 0 Å². The van der Waals surface area contributed by atoms with Crippen LogP contribution in [0.25, 0.3) is 6.08 Å². The first-order valence-electron chi connectivity index (χ1n) is 10.3. The highest BCUT2D eigenvalue weighted by molar-refractivity contribution is 6.00. The molecular formula is C24H29NO6. The van der Waals surface area contributed by atoms with E-state index >= 15 is 0 Å². The van der Waals surface area contributed by atoms with Crippen molar-refractivity contribution in [3.05, 3.63) is 63.5 Å². The Bertz CT molecular complexity index is 930. The van der Waals surface area contributed by atoms with E-state index in [1.54, 1.807) is 65.0 Å². The van der Waals surface area contributed by atoms with E-state index in [1.165, 1.54) is 0 Å². The third-order valence-electron chi connectivity index (χ3n) is 5.04. The van der Waals surface area contributed by atoms with E-state index in [0.29, 0.717) is 40.1 Å². The van der Waals surface area contributed by atoms with Gasteiger partial charge in [0.1, 0.15) is 0 Å². The Morgan fingerprint density at radius 1 is 0.968 bits per heavy atom. The number of nitrogens with one attached hydrogen (secondary N) is 1. The van der Waals surface area contributed by atoms with Gasteiger partial charge in [-0.05, 0) is 51.3 Å². The number of dihydropyridines is 1. The van der Waals surface area contributed by atoms with Crippen molar-refractivity contribution in [2.75, 3.05) is 13.2 Å². The fraction of sp³-hybridized carbons (Fsp3) is 0.375. The molecular weight excluding hydrogens is 398 g/mol. The molecule has 1 heterocycles. The molecule has 0 saturated carbocycles. The highest BCUT2D eigenvalue weighted by Crippen LogP contribution is 2.41. The number of ether oxygens (including phenoxy) is 2. The van der Waals surface area contributed by atoms with Crippen LogP contribution in [0.4, 0.5) is 0 Å². The van der Waals surface area contributed by atoms with Crippen LogP contribution in [-0.2, 0) is 23.9 Å². The summed E-state index contributed by atoms with van der Waals surface area (Å²) in [6.45, 7) is 9.04. The Kier molecular flexibility index (Phi) is 8.19. The molecule has 7 nitrogen and oxygen atoms in total. The van der Waals surface area contributed by atoms with E-state index < -0.39 is 23.8 Å². The quantitative estimate of drug-likeness (QED) is 0.479. The van der Waals surface area contributed by atoms with Crippen LogP contribution in [0.15, 0.2) is 52.4 Å². The number of aliphatic carboxylic acids is 1. The van der Waals surface area contributed by atoms with Crippen LogP contribution in [0.1, 0.15) is 58.1 Å². The molecule has 1 aromatic carbocycles. The summed E-state index contributed by atoms with van der Waals surface area (Å²) >= 11 is 0. The van der Waals surface area contributed by atoms with Gasteiger partial charge in [-0.1, -0.05) is 31.2 Å². The molecule has 1 aliphatic rings. The zero-order chi connectivity index (χ0) is 23.1. The van der Waals surface area contributed by atoms with Gasteiger partial charge in [-0.15, -0.1) is 0 Å². The lowest BCUT2D eigenvalue weighted by Gasteiger charge is -2.31. The minimum absolute atomic E-state index is 0.181. The van der Waals surface area contributed by atoms with Crippen LogP contribution in [-0.4, -0.2) is 36.2 Å². The van der Waals surface area contributed by atoms with E-state index in [0.717, 1.165) is 0 Å². The zero-order valence-electron chi connectivity index (χ0n) is 18.6. The van der Waals surface area contributed by atoms with Gasteiger partial charge in [0.15, 0.2) is 0 Å². The highest BCUT2D eigenvalue weighted by atomic mass is 16.5. The van der Waals surface area contributed by atoms with Crippen molar-refractivity contribution in [3.8, 4) is 0 Å². The average molecular weight is 427 g/mol. The predicted molar refractivity (Wildman–Crippen MR) is 117 cm³/mol. The number of benzene rings is 1. The molecule has 2 rings (SSSR count). The van der Waals surface area contributed by atoms with Crippen molar-refractivity contribution in [1.29, 1.82) is 0 Å². The number of carboxylic acids is 1. The van der Waals surface area contributed by atoms with Gasteiger partial charge in [0.05, 0.1) is 30.3 Å². The van der Waals surface area contributed by atoms with Crippen LogP contribution in [0.2, 0.25) is 0 Å². The maximum atomic E-state index is 12.9. The van der Waals surface area contributed by atoms with Gasteiger partial charge in [-0.2, -0.15) is 0 Å². The summed E-state index contributed by atoms with van der Waals surface area (Å²) in [4.78, 5) is 37.4. The molecule has 166 valence electrons. The third kappa shape index (κ3) is 5.23. The van der Waals surface area contributed by atoms with Gasteiger partial charge in [0, 0.05) is 17.0 Å². The number of esters is 2. The summed E-state index contributed by atoms with van der Waals surface area (Å²) in [6.07, 6.45) is 1.91. The summed E-state index contributed by atoms with van der Waals surface area (Å²) in [5.74, 6) is -2.87. The molecule has 0 atom stereocenters. The number of allylic oxidation sites excluding steroid dienone is 2. The topological polar surface area (TPSA) is 102 Å². The van der Waals surface area contributed by atoms with Crippen molar-refractivity contribution in [2.45, 2.75) is 47.0 Å². The minimum Gasteiger partial charge on any atom is -0.478 e. The second-order valence-electron chi connectivity index (χ2n) is 7.03. The van der Waals surface area contributed by atoms with E-state index in [1.807, 2.05) is 0 Å². The number of carbonyl (C=O) groups is 3. The van der Waals surface area contributed by atoms with Gasteiger partial charge in [-0.3, -0.25) is 0 Å². The number of rotatable bonds is 8. The minimum atomic E-state index is -1.02. The second-order valence-corrected chi connectivity index (χ2v) is 7.03. The summed E-state index contributed by atoms with van der Waals surface area (Å²) in [5.41, 5.74) is 3.19. The molecule has 1 aliphatic heterocycles. The standard InChI is InChI=1S/C24H29NO6/c1-6-16(22(26)27)13-17-11-9-10-12-18(17)21-19(23(28)30-7-2)14(4)25-15(5)20(21)24(29)31-8-3/h9-13,21,25H,6-8H2,1-5H3,(H,26,27)/b16-13+. The van der Waals surface area contributed by atoms with Crippen LogP contribution in [0, 0.1) is 0 Å². The monoisotopic (exact) mass is 427 g/mol. The molecule has 1 aromatic rings. The van der Waals surface area contributed by atoms with Gasteiger partial charge < -0.3 is 19.9 Å². The summed E-state index contributed by atoms with van der Waals surface area (Å²) in [5, 5.41) is 12.6. The van der Waals surface area contributed by atoms with E-state index in [9.17, 15) is 19.5 Å². The van der Waals surface area contributed by atoms with Crippen molar-refractivity contribution in [2.24, 2.45) is 0 Å². The van der Waals surface area contributed by atoms with Crippen LogP contribution >= 0.6 is 0 Å². The van der Waals surface area contributed by atoms with Crippen LogP contribution in [0.5, 0.6) is 0 Å². The summed E-state index contributed by atoms with van der Waals surface area (Å²) < 4.78 is 10.6. The number of hydrogen-bond donors (Lipinski definition) is 2. The fourth-order valence-electron chi connectivity index (χ4n) is 3.67. The lowest BCUT2D eigenvalue weighted by Crippen LogP contribution is -2.32. The Morgan fingerprint density at radius 3 is 1.94 bits per heavy atom. The van der Waals surface area contributed by atoms with E-state index in [-0.39, 0.29) is 18.8 Å². The SMILES string of the molecule is CCOC(=O)C1=C(C)NC(C)=C(C(=O)OCC)C1c1ccccc1/C=C(\CC)C(=O)O. The molecule has 0 saturated heterocycles. The van der Waals surface area contributed by atoms with Gasteiger partial charge in [0.2, 0.25) is 0 Å². The molecule has 7 heteroatoms. The van der Waals surface area contributed by atoms with Gasteiger partial charge in [0.25, 0.3) is 0 Å². The molecule has 0 amide bonds. The maximum absolute atomic E-state index is 12.9. The largest absolute Gasteiger partial charge is 0.478 e. The molecule has 0 unspecified atom stereocenters. The maximum Gasteiger partial charge on any atom is 0.336 e. The van der Waals surface area contributed by atoms with E-state index in [4.69, 9.17) is 9.47 Å². The van der Waals surface area contributed by atoms with E-state index in [2.05, 4.69) is 5.32 Å². The van der Waals surface area contributed by atoms with Gasteiger partial charge >= 0.3 is 17.9 Å². The van der Waals surface area contributed by atoms with Crippen LogP contribution in [0.3, 0.4) is 0 Å². The molecule has 2 N–H and O–H groups in total. The normalized spacial score (nSPS) is 14.9. The Labute approximate surface area is 182 Å². The lowest BCUT2D eigenvalue weighted by molar-refractivity contribution is -0.139. The summed E-state index contributed by atoms with van der Waals surface area (Å²) in [7, 11) is 0. The molecule has 0 radical (unpaired) electrons. The summed E-state index contributed by atoms with van der Waals surface area (Å²) in [6, 6.07) is 7.13. The van der Waals surface area contributed by atoms with Crippen LogP contribution < -0.4 is 5.32 Å². The first-order valence-corrected chi connectivity index (χ1v) is 10.3. The van der Waals surface area contributed by atoms with Crippen molar-refractivity contribution in [1.82, 2.24) is 5.32 Å². The zero-order valence-corrected chi connectivity index (χ0v) is 18.6. The average Bonchev–Trinajstić information content (AvgIpc) is 2.71. The molecule has 0 aromatic heterocycles. The predicted octanol–water partition coefficient (Wildman–Crippen LogP) is 3.93. The molecule has 0 fully saturated rings. The molecule has 0 aliphatic carbocycles. The van der Waals surface area contributed by atoms with Crippen molar-refractivity contribution < 1.29 is 29.0 Å². The van der Waals surface area contributed by atoms with Crippen molar-refractivity contribution >= 4 is 24.0 Å². The lowest BCUT2D eigenvalue weighted by atomic mass is 9.78. The highest BCUT2D eigenvalue weighted by Gasteiger charge is 2.38. The number of hydrogen-bond acceptors (Lipinski definition) is 6. The smallest absolute Gasteiger partial charge is 0.336 e. The molecule has 0 bridgehead atoms. The first-order chi connectivity index (χ1) is 14.8. The first kappa shape index (κ1) is 23.9. The molecule has 0 spiro atoms. The van der Waals surface area contributed by atoms with Gasteiger partial charge in [-0.25, -0.2) is 14.4 Å². The number of carboxylic acid groups (broad SMARTS) is 1. The third-order valence-corrected chi connectivity index (χ3v) is 5.04. The Balaban J connectivity index is 2.80. The molecule has 31 heavy (non-hydrogen) atoms. The second kappa shape index (κ2) is 10.6. The Hall–Kier alpha value is -3.35. The Morgan fingerprint density at radius 2 is 1.48 bits per heavy atom.